The summed E-state index contributed by atoms with van der Waals surface area (Å²) in [6, 6.07) is 8.58. The Kier molecular flexibility index (Phi) is 7.13. The predicted octanol–water partition coefficient (Wildman–Crippen LogP) is 4.48. The van der Waals surface area contributed by atoms with Crippen LogP contribution in [0.25, 0.3) is 0 Å². The largest absolute Gasteiger partial charge is 0.482 e. The number of benzene rings is 2. The lowest BCUT2D eigenvalue weighted by atomic mass is 10.3. The second-order valence-corrected chi connectivity index (χ2v) is 9.39. The maximum atomic E-state index is 12.5. The number of amidine groups is 1. The smallest absolute Gasteiger partial charge is 0.283 e. The van der Waals surface area contributed by atoms with Gasteiger partial charge in [-0.3, -0.25) is 4.79 Å². The van der Waals surface area contributed by atoms with Gasteiger partial charge in [0.15, 0.2) is 6.61 Å². The summed E-state index contributed by atoms with van der Waals surface area (Å²) in [5.74, 6) is 0.310. The molecule has 1 saturated heterocycles. The van der Waals surface area contributed by atoms with E-state index in [1.165, 1.54) is 36.4 Å². The van der Waals surface area contributed by atoms with Gasteiger partial charge >= 0.3 is 0 Å². The molecule has 1 heterocycles. The number of nitrogens with one attached hydrogen (secondary N) is 1. The fourth-order valence-electron chi connectivity index (χ4n) is 2.77. The third-order valence-electron chi connectivity index (χ3n) is 4.33. The van der Waals surface area contributed by atoms with E-state index in [4.69, 9.17) is 39.5 Å². The summed E-state index contributed by atoms with van der Waals surface area (Å²) in [4.78, 5) is 14.0. The number of carbonyl (C=O) groups is 1. The van der Waals surface area contributed by atoms with E-state index in [-0.39, 0.29) is 32.3 Å². The topological polar surface area (TPSA) is 88.1 Å². The molecule has 1 fully saturated rings. The van der Waals surface area contributed by atoms with Crippen LogP contribution in [0.4, 0.5) is 5.69 Å². The summed E-state index contributed by atoms with van der Waals surface area (Å²) in [6.07, 6.45) is 1.51. The van der Waals surface area contributed by atoms with Crippen molar-refractivity contribution in [3.8, 4) is 5.75 Å². The number of likely N-dealkylation sites (tertiary alicyclic amines) is 1. The maximum absolute atomic E-state index is 12.5. The zero-order chi connectivity index (χ0) is 21.9. The van der Waals surface area contributed by atoms with E-state index in [2.05, 4.69) is 9.71 Å². The van der Waals surface area contributed by atoms with Crippen molar-refractivity contribution in [2.45, 2.75) is 17.7 Å². The molecule has 0 aliphatic carbocycles. The molecule has 2 aromatic rings. The molecule has 1 aliphatic heterocycles. The van der Waals surface area contributed by atoms with Crippen LogP contribution in [0.1, 0.15) is 12.8 Å². The van der Waals surface area contributed by atoms with Gasteiger partial charge in [0.1, 0.15) is 11.6 Å². The van der Waals surface area contributed by atoms with Crippen LogP contribution in [-0.2, 0) is 14.8 Å². The van der Waals surface area contributed by atoms with E-state index >= 15 is 0 Å². The van der Waals surface area contributed by atoms with Crippen LogP contribution >= 0.6 is 34.8 Å². The van der Waals surface area contributed by atoms with E-state index in [0.29, 0.717) is 17.9 Å². The molecule has 3 rings (SSSR count). The standard InChI is InChI=1S/C19H18Cl3N3O4S/c1-25-8-2-3-18(25)24-30(27,28)13-6-4-12(5-7-13)23-19(26)11-29-17-10-15(21)14(20)9-16(17)22/h4-7,9-10H,2-3,8,11H2,1H3,(H,23,26). The molecule has 0 saturated carbocycles. The minimum atomic E-state index is -3.81. The monoisotopic (exact) mass is 489 g/mol. The van der Waals surface area contributed by atoms with E-state index in [9.17, 15) is 13.2 Å². The molecule has 0 bridgehead atoms. The Morgan fingerprint density at radius 3 is 2.43 bits per heavy atom. The second kappa shape index (κ2) is 9.43. The van der Waals surface area contributed by atoms with Crippen molar-refractivity contribution in [1.82, 2.24) is 4.90 Å². The predicted molar refractivity (Wildman–Crippen MR) is 119 cm³/mol. The van der Waals surface area contributed by atoms with E-state index < -0.39 is 15.9 Å². The van der Waals surface area contributed by atoms with Crippen LogP contribution in [0.3, 0.4) is 0 Å². The number of halogens is 3. The summed E-state index contributed by atoms with van der Waals surface area (Å²) in [7, 11) is -2.00. The highest BCUT2D eigenvalue weighted by Gasteiger charge is 2.20. The van der Waals surface area contributed by atoms with Crippen molar-refractivity contribution in [1.29, 1.82) is 0 Å². The molecule has 1 N–H and O–H groups in total. The normalized spacial score (nSPS) is 15.5. The zero-order valence-corrected chi connectivity index (χ0v) is 18.9. The van der Waals surface area contributed by atoms with Gasteiger partial charge in [0.2, 0.25) is 0 Å². The highest BCUT2D eigenvalue weighted by Crippen LogP contribution is 2.33. The molecule has 2 aromatic carbocycles. The van der Waals surface area contributed by atoms with Crippen LogP contribution in [-0.4, -0.2) is 45.3 Å². The van der Waals surface area contributed by atoms with Crippen molar-refractivity contribution in [3.63, 3.8) is 0 Å². The van der Waals surface area contributed by atoms with E-state index in [1.54, 1.807) is 0 Å². The fraction of sp³-hybridized carbons (Fsp3) is 0.263. The quantitative estimate of drug-likeness (QED) is 0.603. The molecule has 30 heavy (non-hydrogen) atoms. The van der Waals surface area contributed by atoms with Crippen molar-refractivity contribution < 1.29 is 17.9 Å². The second-order valence-electron chi connectivity index (χ2n) is 6.57. The van der Waals surface area contributed by atoms with Gasteiger partial charge in [-0.2, -0.15) is 8.42 Å². The highest BCUT2D eigenvalue weighted by atomic mass is 35.5. The number of ether oxygens (including phenoxy) is 1. The van der Waals surface area contributed by atoms with Gasteiger partial charge in [0.25, 0.3) is 15.9 Å². The summed E-state index contributed by atoms with van der Waals surface area (Å²) in [5, 5.41) is 3.36. The molecule has 0 unspecified atom stereocenters. The number of nitrogens with zero attached hydrogens (tertiary/aromatic N) is 2. The summed E-state index contributed by atoms with van der Waals surface area (Å²) in [5.41, 5.74) is 0.411. The average Bonchev–Trinajstić information content (AvgIpc) is 3.08. The van der Waals surface area contributed by atoms with Crippen LogP contribution in [0.5, 0.6) is 5.75 Å². The van der Waals surface area contributed by atoms with E-state index in [0.717, 1.165) is 13.0 Å². The Hall–Kier alpha value is -2.00. The molecule has 1 amide bonds. The Morgan fingerprint density at radius 2 is 1.80 bits per heavy atom. The van der Waals surface area contributed by atoms with Gasteiger partial charge in [-0.25, -0.2) is 0 Å². The molecule has 160 valence electrons. The molecule has 0 aromatic heterocycles. The SMILES string of the molecule is CN1CCCC1=NS(=O)(=O)c1ccc(NC(=O)COc2cc(Cl)c(Cl)cc2Cl)cc1. The first kappa shape index (κ1) is 22.7. The average molecular weight is 491 g/mol. The Bertz CT molecular complexity index is 1090. The number of sulfonamides is 1. The molecule has 0 spiro atoms. The number of amides is 1. The molecule has 7 nitrogen and oxygen atoms in total. The van der Waals surface area contributed by atoms with Crippen LogP contribution < -0.4 is 10.1 Å². The molecular weight excluding hydrogens is 473 g/mol. The first-order chi connectivity index (χ1) is 14.2. The molecule has 11 heteroatoms. The maximum Gasteiger partial charge on any atom is 0.283 e. The number of hydrogen-bond donors (Lipinski definition) is 1. The number of anilines is 1. The minimum Gasteiger partial charge on any atom is -0.482 e. The molecular formula is C19H18Cl3N3O4S. The summed E-state index contributed by atoms with van der Waals surface area (Å²) < 4.78 is 34.2. The highest BCUT2D eigenvalue weighted by molar-refractivity contribution is 7.90. The van der Waals surface area contributed by atoms with Gasteiger partial charge in [-0.15, -0.1) is 4.40 Å². The lowest BCUT2D eigenvalue weighted by molar-refractivity contribution is -0.118. The van der Waals surface area contributed by atoms with Crippen LogP contribution in [0.2, 0.25) is 15.1 Å². The summed E-state index contributed by atoms with van der Waals surface area (Å²) in [6.45, 7) is 0.465. The molecule has 0 radical (unpaired) electrons. The Morgan fingerprint density at radius 1 is 1.13 bits per heavy atom. The Balaban J connectivity index is 1.61. The summed E-state index contributed by atoms with van der Waals surface area (Å²) >= 11 is 17.8. The molecule has 1 aliphatic rings. The van der Waals surface area contributed by atoms with Crippen molar-refractivity contribution in [3.05, 3.63) is 51.5 Å². The van der Waals surface area contributed by atoms with Gasteiger partial charge < -0.3 is 15.0 Å². The van der Waals surface area contributed by atoms with Gasteiger partial charge in [-0.1, -0.05) is 34.8 Å². The molecule has 0 atom stereocenters. The third-order valence-corrected chi connectivity index (χ3v) is 6.67. The minimum absolute atomic E-state index is 0.0483. The zero-order valence-electron chi connectivity index (χ0n) is 15.9. The number of rotatable bonds is 6. The Labute approximate surface area is 189 Å². The van der Waals surface area contributed by atoms with Gasteiger partial charge in [0, 0.05) is 31.8 Å². The van der Waals surface area contributed by atoms with Crippen molar-refractivity contribution in [2.75, 3.05) is 25.5 Å². The van der Waals surface area contributed by atoms with Crippen LogP contribution in [0.15, 0.2) is 45.7 Å². The number of carbonyl (C=O) groups excluding carboxylic acids is 1. The van der Waals surface area contributed by atoms with E-state index in [1.807, 2.05) is 11.9 Å². The first-order valence-corrected chi connectivity index (χ1v) is 11.5. The third kappa shape index (κ3) is 5.57. The van der Waals surface area contributed by atoms with Gasteiger partial charge in [-0.05, 0) is 36.8 Å². The lowest BCUT2D eigenvalue weighted by Gasteiger charge is -2.11. The first-order valence-electron chi connectivity index (χ1n) is 8.88. The fourth-order valence-corrected chi connectivity index (χ4v) is 4.45. The van der Waals surface area contributed by atoms with Crippen molar-refractivity contribution >= 4 is 62.3 Å². The van der Waals surface area contributed by atoms with Gasteiger partial charge in [0.05, 0.1) is 20.0 Å². The van der Waals surface area contributed by atoms with Crippen molar-refractivity contribution in [2.24, 2.45) is 4.40 Å². The number of hydrogen-bond acceptors (Lipinski definition) is 4. The lowest BCUT2D eigenvalue weighted by Crippen LogP contribution is -2.21. The van der Waals surface area contributed by atoms with Crippen LogP contribution in [0, 0.1) is 0 Å².